The van der Waals surface area contributed by atoms with Gasteiger partial charge in [0.05, 0.1) is 72.3 Å². The van der Waals surface area contributed by atoms with Crippen molar-refractivity contribution in [2.75, 3.05) is 155 Å². The smallest absolute Gasteiger partial charge is 0.299 e. The van der Waals surface area contributed by atoms with Crippen molar-refractivity contribution in [3.63, 3.8) is 0 Å². The van der Waals surface area contributed by atoms with E-state index < -0.39 is 11.8 Å². The Hall–Kier alpha value is -11.6. The molecule has 0 spiro atoms. The summed E-state index contributed by atoms with van der Waals surface area (Å²) in [6, 6.07) is 33.0. The van der Waals surface area contributed by atoms with Gasteiger partial charge in [-0.15, -0.1) is 0 Å². The third-order valence-electron chi connectivity index (χ3n) is 30.7. The van der Waals surface area contributed by atoms with E-state index in [1.54, 1.807) is 64.6 Å². The lowest BCUT2D eigenvalue weighted by Gasteiger charge is -2.40. The van der Waals surface area contributed by atoms with Crippen molar-refractivity contribution in [2.45, 2.75) is 218 Å². The van der Waals surface area contributed by atoms with Crippen LogP contribution in [-0.4, -0.2) is 256 Å². The van der Waals surface area contributed by atoms with E-state index in [0.717, 1.165) is 227 Å². The molecule has 0 atom stereocenters. The van der Waals surface area contributed by atoms with Crippen molar-refractivity contribution in [3.8, 4) is 62.2 Å². The number of fused-ring (bicyclic) bond motifs is 5. The standard InChI is InChI=1S/C23H24FN5S.2C22H27N5O.C21H24FN5S.C21H27N5OS/c24-19-5-4-16(12-17(19)14-25)20-13-22-21(15-26-20)27-23(30-22)29-10-6-18(7-11-29)28-8-2-1-3-9-28;1-16-13-17(5-8-23-16)18-14-20-21(24-15-18)25-22(28-20)27-11-6-19(7-12-27)26-9-3-2-4-10-26;1-16-6-5-9-23-20(16)17-14-19-21(24-15-17)25-22(28-19)27-12-7-18(8-13-27)26-10-3-2-4-11-26;22-20-12-15(4-7-23-20)17-13-19-18(14-24-17)25-21(28-19)27-10-5-16(6-11-27)26-8-2-1-3-9-26;1-14-20(15(2)27-24-14)17-12-19-18(13-22-17)23-21(28-19)26-10-6-16(7-11-26)25-8-4-3-5-9-25/h4-5,12-13,15,18H,1-3,6-11H2;5,8,13-15,19H,2-4,6-7,9-12H2,1H3;5-6,9,14-15,18H,2-4,7-8,10-13H2,1H3;4,7,12-14,16H,1-3,5-6,8-11H2;12-13,16H,3-11H2,1-2H3. The highest BCUT2D eigenvalue weighted by Crippen LogP contribution is 2.41. The number of nitrogens with zero attached hydrogens (tertiary/aromatic N) is 25. The molecule has 28 nitrogen and oxygen atoms in total. The quantitative estimate of drug-likeness (QED) is 0.0862. The Morgan fingerprint density at radius 3 is 1.15 bits per heavy atom. The van der Waals surface area contributed by atoms with Gasteiger partial charge in [0.25, 0.3) is 12.0 Å². The second-order valence-electron chi connectivity index (χ2n) is 40.0. The van der Waals surface area contributed by atoms with Gasteiger partial charge in [0, 0.05) is 161 Å². The number of nitriles is 1. The molecule has 0 N–H and O–H groups in total. The van der Waals surface area contributed by atoms with Crippen LogP contribution in [-0.2, 0) is 0 Å². The number of thiazole rings is 3. The lowest BCUT2D eigenvalue weighted by molar-refractivity contribution is 0.140. The number of anilines is 5. The van der Waals surface area contributed by atoms with Gasteiger partial charge in [-0.1, -0.05) is 77.3 Å². The van der Waals surface area contributed by atoms with Crippen molar-refractivity contribution in [3.05, 3.63) is 175 Å². The molecule has 1 aromatic carbocycles. The molecule has 0 amide bonds. The zero-order chi connectivity index (χ0) is 96.4. The maximum atomic E-state index is 13.6. The summed E-state index contributed by atoms with van der Waals surface area (Å²) in [6.07, 6.45) is 46.9. The largest absolute Gasteiger partial charge is 0.422 e. The highest BCUT2D eigenvalue weighted by Gasteiger charge is 2.35. The van der Waals surface area contributed by atoms with Gasteiger partial charge < -0.3 is 62.4 Å². The topological polar surface area (TPSA) is 276 Å². The van der Waals surface area contributed by atoms with E-state index >= 15 is 0 Å². The monoisotopic (exact) mass is 1970 g/mol. The molecule has 15 aromatic rings. The fourth-order valence-electron chi connectivity index (χ4n) is 22.7. The normalized spacial score (nSPS) is 19.3. The number of oxazole rings is 2. The van der Waals surface area contributed by atoms with Crippen molar-refractivity contribution >= 4 is 115 Å². The molecule has 33 heteroatoms. The van der Waals surface area contributed by atoms with Crippen molar-refractivity contribution < 1.29 is 22.1 Å². The predicted octanol–water partition coefficient (Wildman–Crippen LogP) is 21.7. The molecule has 10 aliphatic rings. The average molecular weight is 1970 g/mol. The lowest BCUT2D eigenvalue weighted by atomic mass is 10.0. The molecular formula is C109H129F2N25O3S3. The highest BCUT2D eigenvalue weighted by molar-refractivity contribution is 7.23. The van der Waals surface area contributed by atoms with Crippen LogP contribution in [0.4, 0.5) is 36.2 Å². The molecular weight excluding hydrogens is 1840 g/mol. The Bertz CT molecular complexity index is 6630. The summed E-state index contributed by atoms with van der Waals surface area (Å²) >= 11 is 5.16. The molecule has 0 radical (unpaired) electrons. The molecule has 0 saturated carbocycles. The number of piperidine rings is 10. The van der Waals surface area contributed by atoms with Gasteiger partial charge in [-0.2, -0.15) is 19.6 Å². The van der Waals surface area contributed by atoms with Gasteiger partial charge in [0.2, 0.25) is 17.2 Å². The van der Waals surface area contributed by atoms with Crippen LogP contribution in [0.25, 0.3) is 109 Å². The SMILES string of the molecule is Cc1cc(-c2cnc3nc(N4CCC(N5CCCCC5)CC4)oc3c2)ccn1.Cc1cccnc1-c1cnc2nc(N3CCC(N4CCCCC4)CC3)oc2c1.Cc1noc(C)c1-c1cc2sc(N3CCC(N4CCCCC4)CC3)nc2cn1.Fc1cc(-c2cc3sc(N4CCC(N5CCCCC5)CC4)nc3cn2)ccn1.N#Cc1cc(-c2cc3sc(N4CCC(N5CCCCC5)CC4)nc3cn2)ccc1F. The van der Waals surface area contributed by atoms with Crippen LogP contribution in [0.15, 0.2) is 148 Å². The molecule has 24 heterocycles. The highest BCUT2D eigenvalue weighted by atomic mass is 32.1. The maximum absolute atomic E-state index is 13.6. The molecule has 0 bridgehead atoms. The Morgan fingerprint density at radius 2 is 0.746 bits per heavy atom. The summed E-state index contributed by atoms with van der Waals surface area (Å²) in [5, 5.41) is 16.4. The van der Waals surface area contributed by atoms with Crippen LogP contribution in [0, 0.1) is 50.8 Å². The second kappa shape index (κ2) is 45.1. The summed E-state index contributed by atoms with van der Waals surface area (Å²) in [7, 11) is 0. The average Bonchev–Trinajstić information content (AvgIpc) is 1.64. The second-order valence-corrected chi connectivity index (χ2v) is 43.0. The van der Waals surface area contributed by atoms with Crippen molar-refractivity contribution in [1.82, 2.24) is 94.4 Å². The number of rotatable bonds is 15. The molecule has 0 aliphatic carbocycles. The molecule has 142 heavy (non-hydrogen) atoms. The molecule has 10 fully saturated rings. The summed E-state index contributed by atoms with van der Waals surface area (Å²) in [5.41, 5.74) is 17.6. The summed E-state index contributed by atoms with van der Waals surface area (Å²) in [6.45, 7) is 31.1. The van der Waals surface area contributed by atoms with E-state index in [4.69, 9.17) is 33.6 Å². The lowest BCUT2D eigenvalue weighted by Crippen LogP contribution is -2.46. The summed E-state index contributed by atoms with van der Waals surface area (Å²) in [4.78, 5) is 84.1. The van der Waals surface area contributed by atoms with Gasteiger partial charge in [-0.05, 0) is 305 Å². The maximum Gasteiger partial charge on any atom is 0.299 e. The first-order valence-corrected chi connectivity index (χ1v) is 54.5. The fourth-order valence-corrected chi connectivity index (χ4v) is 25.8. The number of hydrogen-bond donors (Lipinski definition) is 0. The van der Waals surface area contributed by atoms with Gasteiger partial charge in [-0.25, -0.2) is 34.3 Å². The first kappa shape index (κ1) is 96.5. The van der Waals surface area contributed by atoms with Gasteiger partial charge >= 0.3 is 0 Å². The fraction of sp³-hybridized carbons (Fsp3) is 0.495. The Labute approximate surface area is 841 Å². The van der Waals surface area contributed by atoms with Crippen LogP contribution < -0.4 is 24.5 Å². The Balaban J connectivity index is 0.000000105. The van der Waals surface area contributed by atoms with E-state index in [0.29, 0.717) is 23.3 Å². The third-order valence-corrected chi connectivity index (χ3v) is 33.9. The van der Waals surface area contributed by atoms with Crippen LogP contribution in [0.3, 0.4) is 0 Å². The van der Waals surface area contributed by atoms with E-state index in [2.05, 4.69) is 129 Å². The molecule has 25 rings (SSSR count). The van der Waals surface area contributed by atoms with Crippen LogP contribution in [0.1, 0.15) is 189 Å². The Morgan fingerprint density at radius 1 is 0.352 bits per heavy atom. The van der Waals surface area contributed by atoms with E-state index in [1.165, 1.54) is 249 Å². The molecule has 10 aliphatic heterocycles. The molecule has 740 valence electrons. The van der Waals surface area contributed by atoms with Crippen LogP contribution in [0.5, 0.6) is 0 Å². The molecule has 14 aromatic heterocycles. The predicted molar refractivity (Wildman–Crippen MR) is 563 cm³/mol. The van der Waals surface area contributed by atoms with E-state index in [-0.39, 0.29) is 5.56 Å². The number of benzene rings is 1. The first-order valence-electron chi connectivity index (χ1n) is 52.1. The number of aromatic nitrogens is 14. The number of likely N-dealkylation sites (tertiary alicyclic amines) is 5. The third kappa shape index (κ3) is 22.8. The zero-order valence-corrected chi connectivity index (χ0v) is 84.7. The molecule has 0 unspecified atom stereocenters. The Kier molecular flexibility index (Phi) is 30.7. The van der Waals surface area contributed by atoms with E-state index in [1.807, 2.05) is 94.2 Å². The number of halogens is 2. The van der Waals surface area contributed by atoms with Gasteiger partial charge in [-0.3, -0.25) is 24.9 Å². The summed E-state index contributed by atoms with van der Waals surface area (Å²) < 4.78 is 47.9. The van der Waals surface area contributed by atoms with Gasteiger partial charge in [0.15, 0.2) is 26.6 Å². The molecule has 10 saturated heterocycles. The van der Waals surface area contributed by atoms with E-state index in [9.17, 15) is 8.78 Å². The zero-order valence-electron chi connectivity index (χ0n) is 82.3. The van der Waals surface area contributed by atoms with Crippen molar-refractivity contribution in [2.24, 2.45) is 0 Å². The minimum Gasteiger partial charge on any atom is -0.422 e. The van der Waals surface area contributed by atoms with Crippen LogP contribution >= 0.6 is 34.0 Å². The number of hydrogen-bond acceptors (Lipinski definition) is 31. The number of pyridine rings is 8. The van der Waals surface area contributed by atoms with Crippen LogP contribution in [0.2, 0.25) is 0 Å². The minimum atomic E-state index is -0.504. The summed E-state index contributed by atoms with van der Waals surface area (Å²) in [5.74, 6) is -0.176. The van der Waals surface area contributed by atoms with Gasteiger partial charge in [0.1, 0.15) is 34.2 Å². The minimum absolute atomic E-state index is 0.0379. The first-order chi connectivity index (χ1) is 69.7. The number of aryl methyl sites for hydroxylation is 4. The van der Waals surface area contributed by atoms with Crippen molar-refractivity contribution in [1.29, 1.82) is 5.26 Å².